The fraction of sp³-hybridized carbons (Fsp3) is 0.438. The quantitative estimate of drug-likeness (QED) is 0.836. The Labute approximate surface area is 133 Å². The maximum atomic E-state index is 12.6. The van der Waals surface area contributed by atoms with E-state index in [9.17, 15) is 14.4 Å². The summed E-state index contributed by atoms with van der Waals surface area (Å²) in [7, 11) is 1.73. The van der Waals surface area contributed by atoms with Crippen LogP contribution in [0, 0.1) is 0 Å². The second-order valence-electron chi connectivity index (χ2n) is 5.86. The van der Waals surface area contributed by atoms with E-state index in [4.69, 9.17) is 9.84 Å². The number of carbonyl (C=O) groups excluding carboxylic acids is 2. The maximum absolute atomic E-state index is 12.6. The molecule has 2 aliphatic rings. The van der Waals surface area contributed by atoms with E-state index in [0.29, 0.717) is 37.1 Å². The van der Waals surface area contributed by atoms with Crippen LogP contribution >= 0.6 is 0 Å². The van der Waals surface area contributed by atoms with Crippen LogP contribution < -0.4 is 0 Å². The van der Waals surface area contributed by atoms with Gasteiger partial charge >= 0.3 is 12.1 Å². The summed E-state index contributed by atoms with van der Waals surface area (Å²) >= 11 is 0. The van der Waals surface area contributed by atoms with Crippen LogP contribution in [0.3, 0.4) is 0 Å². The molecule has 0 radical (unpaired) electrons. The zero-order valence-electron chi connectivity index (χ0n) is 12.8. The number of fused-ring (bicyclic) bond motifs is 1. The molecule has 3 rings (SSSR count). The first-order chi connectivity index (χ1) is 11.0. The Morgan fingerprint density at radius 3 is 2.65 bits per heavy atom. The Kier molecular flexibility index (Phi) is 3.94. The molecule has 7 nitrogen and oxygen atoms in total. The molecule has 7 heteroatoms. The smallest absolute Gasteiger partial charge is 0.407 e. The van der Waals surface area contributed by atoms with E-state index in [1.165, 1.54) is 4.90 Å². The van der Waals surface area contributed by atoms with Crippen molar-refractivity contribution in [1.29, 1.82) is 0 Å². The second kappa shape index (κ2) is 5.91. The van der Waals surface area contributed by atoms with E-state index in [-0.39, 0.29) is 24.5 Å². The SMILES string of the molecule is CN(C(=O)c1ccc2c(c1)COC2=O)C1CCN(C(=O)O)CC1. The zero-order valence-corrected chi connectivity index (χ0v) is 12.8. The molecule has 0 aliphatic carbocycles. The van der Waals surface area contributed by atoms with Crippen LogP contribution in [0.2, 0.25) is 0 Å². The summed E-state index contributed by atoms with van der Waals surface area (Å²) in [5, 5.41) is 8.97. The van der Waals surface area contributed by atoms with Gasteiger partial charge in [0.15, 0.2) is 0 Å². The van der Waals surface area contributed by atoms with Gasteiger partial charge in [0, 0.05) is 37.3 Å². The Morgan fingerprint density at radius 2 is 2.00 bits per heavy atom. The molecule has 2 amide bonds. The van der Waals surface area contributed by atoms with Crippen molar-refractivity contribution in [1.82, 2.24) is 9.80 Å². The van der Waals surface area contributed by atoms with Crippen LogP contribution in [0.4, 0.5) is 4.79 Å². The topological polar surface area (TPSA) is 87.2 Å². The number of amides is 2. The number of piperidine rings is 1. The van der Waals surface area contributed by atoms with Crippen LogP contribution in [0.15, 0.2) is 18.2 Å². The minimum atomic E-state index is -0.916. The average Bonchev–Trinajstić information content (AvgIpc) is 2.94. The van der Waals surface area contributed by atoms with Gasteiger partial charge in [0.05, 0.1) is 5.56 Å². The Bertz CT molecular complexity index is 664. The summed E-state index contributed by atoms with van der Waals surface area (Å²) in [5.74, 6) is -0.477. The molecule has 1 saturated heterocycles. The first kappa shape index (κ1) is 15.3. The third kappa shape index (κ3) is 2.86. The molecule has 0 saturated carbocycles. The third-order valence-electron chi connectivity index (χ3n) is 4.53. The monoisotopic (exact) mass is 318 g/mol. The minimum Gasteiger partial charge on any atom is -0.465 e. The molecule has 0 spiro atoms. The van der Waals surface area contributed by atoms with Crippen molar-refractivity contribution in [3.8, 4) is 0 Å². The van der Waals surface area contributed by atoms with Gasteiger partial charge in [-0.15, -0.1) is 0 Å². The van der Waals surface area contributed by atoms with E-state index in [1.807, 2.05) is 0 Å². The normalized spacial score (nSPS) is 17.6. The van der Waals surface area contributed by atoms with Crippen LogP contribution in [0.25, 0.3) is 0 Å². The first-order valence-corrected chi connectivity index (χ1v) is 7.52. The van der Waals surface area contributed by atoms with E-state index >= 15 is 0 Å². The summed E-state index contributed by atoms with van der Waals surface area (Å²) in [6, 6.07) is 4.98. The number of likely N-dealkylation sites (tertiary alicyclic amines) is 1. The summed E-state index contributed by atoms with van der Waals surface area (Å²) in [6.45, 7) is 1.07. The highest BCUT2D eigenvalue weighted by Gasteiger charge is 2.29. The highest BCUT2D eigenvalue weighted by molar-refractivity contribution is 5.98. The number of benzene rings is 1. The van der Waals surface area contributed by atoms with Gasteiger partial charge in [-0.05, 0) is 31.0 Å². The van der Waals surface area contributed by atoms with Crippen molar-refractivity contribution in [2.45, 2.75) is 25.5 Å². The molecule has 2 heterocycles. The maximum Gasteiger partial charge on any atom is 0.407 e. The number of hydrogen-bond acceptors (Lipinski definition) is 4. The predicted molar refractivity (Wildman–Crippen MR) is 80.3 cm³/mol. The number of nitrogens with zero attached hydrogens (tertiary/aromatic N) is 2. The summed E-state index contributed by atoms with van der Waals surface area (Å²) in [4.78, 5) is 38.0. The van der Waals surface area contributed by atoms with E-state index < -0.39 is 6.09 Å². The van der Waals surface area contributed by atoms with Crippen molar-refractivity contribution in [2.75, 3.05) is 20.1 Å². The summed E-state index contributed by atoms with van der Waals surface area (Å²) < 4.78 is 4.94. The number of ether oxygens (including phenoxy) is 1. The standard InChI is InChI=1S/C16H18N2O5/c1-17(12-4-6-18(7-5-12)16(21)22)14(19)10-2-3-13-11(8-10)9-23-15(13)20/h2-3,8,12H,4-7,9H2,1H3,(H,21,22). The van der Waals surface area contributed by atoms with E-state index in [0.717, 1.165) is 5.56 Å². The predicted octanol–water partition coefficient (Wildman–Crippen LogP) is 1.57. The molecule has 122 valence electrons. The van der Waals surface area contributed by atoms with Crippen LogP contribution in [0.1, 0.15) is 39.1 Å². The van der Waals surface area contributed by atoms with Gasteiger partial charge in [0.1, 0.15) is 6.61 Å². The van der Waals surface area contributed by atoms with Crippen molar-refractivity contribution < 1.29 is 24.2 Å². The largest absolute Gasteiger partial charge is 0.465 e. The lowest BCUT2D eigenvalue weighted by Gasteiger charge is -2.35. The average molecular weight is 318 g/mol. The molecule has 0 bridgehead atoms. The molecular formula is C16H18N2O5. The van der Waals surface area contributed by atoms with Crippen molar-refractivity contribution in [2.24, 2.45) is 0 Å². The Morgan fingerprint density at radius 1 is 1.30 bits per heavy atom. The lowest BCUT2D eigenvalue weighted by molar-refractivity contribution is 0.0534. The van der Waals surface area contributed by atoms with Crippen LogP contribution in [-0.2, 0) is 11.3 Å². The van der Waals surface area contributed by atoms with Crippen LogP contribution in [-0.4, -0.2) is 59.1 Å². The molecule has 0 unspecified atom stereocenters. The number of carboxylic acid groups (broad SMARTS) is 1. The highest BCUT2D eigenvalue weighted by atomic mass is 16.5. The van der Waals surface area contributed by atoms with Gasteiger partial charge in [0.2, 0.25) is 0 Å². The number of esters is 1. The Balaban J connectivity index is 1.69. The van der Waals surface area contributed by atoms with Gasteiger partial charge in [-0.2, -0.15) is 0 Å². The summed E-state index contributed by atoms with van der Waals surface area (Å²) in [6.07, 6.45) is 0.336. The molecule has 1 aromatic carbocycles. The number of cyclic esters (lactones) is 1. The highest BCUT2D eigenvalue weighted by Crippen LogP contribution is 2.23. The fourth-order valence-corrected chi connectivity index (χ4v) is 3.08. The molecule has 2 aliphatic heterocycles. The lowest BCUT2D eigenvalue weighted by atomic mass is 10.0. The number of carbonyl (C=O) groups is 3. The van der Waals surface area contributed by atoms with Gasteiger partial charge in [-0.3, -0.25) is 4.79 Å². The van der Waals surface area contributed by atoms with Crippen molar-refractivity contribution in [3.63, 3.8) is 0 Å². The van der Waals surface area contributed by atoms with E-state index in [1.54, 1.807) is 30.1 Å². The summed E-state index contributed by atoms with van der Waals surface area (Å²) in [5.41, 5.74) is 1.76. The van der Waals surface area contributed by atoms with E-state index in [2.05, 4.69) is 0 Å². The van der Waals surface area contributed by atoms with Gasteiger partial charge in [0.25, 0.3) is 5.91 Å². The lowest BCUT2D eigenvalue weighted by Crippen LogP contribution is -2.47. The molecular weight excluding hydrogens is 300 g/mol. The molecule has 1 aromatic rings. The first-order valence-electron chi connectivity index (χ1n) is 7.52. The fourth-order valence-electron chi connectivity index (χ4n) is 3.08. The zero-order chi connectivity index (χ0) is 16.6. The molecule has 0 aromatic heterocycles. The van der Waals surface area contributed by atoms with Gasteiger partial charge < -0.3 is 19.6 Å². The number of hydrogen-bond donors (Lipinski definition) is 1. The molecule has 1 fully saturated rings. The van der Waals surface area contributed by atoms with Gasteiger partial charge in [-0.25, -0.2) is 9.59 Å². The van der Waals surface area contributed by atoms with Crippen LogP contribution in [0.5, 0.6) is 0 Å². The molecule has 23 heavy (non-hydrogen) atoms. The Hall–Kier alpha value is -2.57. The molecule has 1 N–H and O–H groups in total. The number of rotatable bonds is 2. The second-order valence-corrected chi connectivity index (χ2v) is 5.86. The third-order valence-corrected chi connectivity index (χ3v) is 4.53. The minimum absolute atomic E-state index is 0.0178. The van der Waals surface area contributed by atoms with Crippen molar-refractivity contribution in [3.05, 3.63) is 34.9 Å². The van der Waals surface area contributed by atoms with Gasteiger partial charge in [-0.1, -0.05) is 0 Å². The van der Waals surface area contributed by atoms with Crippen molar-refractivity contribution >= 4 is 18.0 Å². The molecule has 0 atom stereocenters.